The molecule has 0 radical (unpaired) electrons. The molecule has 1 aliphatic carbocycles. The topological polar surface area (TPSA) is 80.8 Å². The largest absolute Gasteiger partial charge is 0.461 e. The van der Waals surface area contributed by atoms with Crippen molar-refractivity contribution >= 4 is 5.97 Å². The van der Waals surface area contributed by atoms with E-state index in [-0.39, 0.29) is 24.4 Å². The van der Waals surface area contributed by atoms with Crippen LogP contribution in [0.3, 0.4) is 0 Å². The van der Waals surface area contributed by atoms with Crippen LogP contribution in [-0.2, 0) is 16.1 Å². The van der Waals surface area contributed by atoms with Crippen molar-refractivity contribution in [3.8, 4) is 6.07 Å². The summed E-state index contributed by atoms with van der Waals surface area (Å²) in [6, 6.07) is 1.83. The molecule has 0 N–H and O–H groups in total. The minimum absolute atomic E-state index is 0.00434. The van der Waals surface area contributed by atoms with Crippen molar-refractivity contribution in [3.63, 3.8) is 0 Å². The van der Waals surface area contributed by atoms with Crippen LogP contribution in [0.4, 0.5) is 0 Å². The van der Waals surface area contributed by atoms with Crippen LogP contribution in [-0.4, -0.2) is 26.8 Å². The summed E-state index contributed by atoms with van der Waals surface area (Å²) in [6.45, 7) is 6.56. The third-order valence-electron chi connectivity index (χ3n) is 4.17. The zero-order valence-electron chi connectivity index (χ0n) is 12.8. The normalized spacial score (nSPS) is 25.6. The lowest BCUT2D eigenvalue weighted by atomic mass is 9.75. The number of carbonyl (C=O) groups is 1. The molecule has 0 aliphatic heterocycles. The molecular formula is C15H22N4O2. The van der Waals surface area contributed by atoms with Gasteiger partial charge in [0, 0.05) is 0 Å². The van der Waals surface area contributed by atoms with Gasteiger partial charge in [0.1, 0.15) is 25.0 Å². The number of esters is 1. The van der Waals surface area contributed by atoms with Crippen LogP contribution in [0.5, 0.6) is 0 Å². The van der Waals surface area contributed by atoms with Crippen molar-refractivity contribution in [2.45, 2.75) is 52.7 Å². The summed E-state index contributed by atoms with van der Waals surface area (Å²) < 4.78 is 7.02. The molecule has 1 heterocycles. The summed E-state index contributed by atoms with van der Waals surface area (Å²) in [5, 5.41) is 12.5. The molecule has 3 atom stereocenters. The van der Waals surface area contributed by atoms with E-state index in [1.54, 1.807) is 0 Å². The quantitative estimate of drug-likeness (QED) is 0.794. The van der Waals surface area contributed by atoms with Crippen molar-refractivity contribution in [1.82, 2.24) is 14.8 Å². The van der Waals surface area contributed by atoms with Crippen molar-refractivity contribution in [2.24, 2.45) is 17.8 Å². The SMILES string of the molecule is CC(C)[C@H]1CC[C@@H](C)C[C@@H]1OC(=O)Cn1cnc(C#N)n1. The maximum absolute atomic E-state index is 12.1. The molecule has 1 saturated carbocycles. The summed E-state index contributed by atoms with van der Waals surface area (Å²) in [5.74, 6) is 1.28. The average molecular weight is 290 g/mol. The molecule has 2 rings (SSSR count). The fourth-order valence-electron chi connectivity index (χ4n) is 3.01. The summed E-state index contributed by atoms with van der Waals surface area (Å²) >= 11 is 0. The maximum Gasteiger partial charge on any atom is 0.328 e. The van der Waals surface area contributed by atoms with Gasteiger partial charge in [0.25, 0.3) is 5.82 Å². The Kier molecular flexibility index (Phi) is 4.94. The van der Waals surface area contributed by atoms with Gasteiger partial charge in [0.15, 0.2) is 0 Å². The molecule has 0 bridgehead atoms. The van der Waals surface area contributed by atoms with Crippen molar-refractivity contribution in [2.75, 3.05) is 0 Å². The highest BCUT2D eigenvalue weighted by atomic mass is 16.5. The zero-order chi connectivity index (χ0) is 15.4. The Hall–Kier alpha value is -1.90. The van der Waals surface area contributed by atoms with Crippen molar-refractivity contribution in [3.05, 3.63) is 12.2 Å². The Bertz CT molecular complexity index is 532. The third-order valence-corrected chi connectivity index (χ3v) is 4.17. The van der Waals surface area contributed by atoms with Gasteiger partial charge >= 0.3 is 5.97 Å². The van der Waals surface area contributed by atoms with Gasteiger partial charge in [0.05, 0.1) is 0 Å². The van der Waals surface area contributed by atoms with E-state index < -0.39 is 0 Å². The first-order valence-corrected chi connectivity index (χ1v) is 7.48. The standard InChI is InChI=1S/C15H22N4O2/c1-10(2)12-5-4-11(3)6-13(12)21-15(20)8-19-9-17-14(7-16)18-19/h9-13H,4-6,8H2,1-3H3/t11-,12-,13+/m1/s1. The Balaban J connectivity index is 1.95. The predicted molar refractivity (Wildman–Crippen MR) is 76.0 cm³/mol. The number of hydrogen-bond donors (Lipinski definition) is 0. The molecule has 0 unspecified atom stereocenters. The van der Waals surface area contributed by atoms with E-state index in [4.69, 9.17) is 10.00 Å². The summed E-state index contributed by atoms with van der Waals surface area (Å²) in [5.41, 5.74) is 0. The molecule has 1 aliphatic rings. The number of nitriles is 1. The molecule has 21 heavy (non-hydrogen) atoms. The highest BCUT2D eigenvalue weighted by Crippen LogP contribution is 2.35. The van der Waals surface area contributed by atoms with E-state index in [1.807, 2.05) is 6.07 Å². The number of ether oxygens (including phenoxy) is 1. The summed E-state index contributed by atoms with van der Waals surface area (Å²) in [4.78, 5) is 15.8. The van der Waals surface area contributed by atoms with Crippen LogP contribution >= 0.6 is 0 Å². The highest BCUT2D eigenvalue weighted by molar-refractivity contribution is 5.69. The predicted octanol–water partition coefficient (Wildman–Crippen LogP) is 2.15. The molecule has 0 aromatic carbocycles. The number of carbonyl (C=O) groups excluding carboxylic acids is 1. The Morgan fingerprint density at radius 2 is 2.33 bits per heavy atom. The van der Waals surface area contributed by atoms with Crippen molar-refractivity contribution < 1.29 is 9.53 Å². The second-order valence-electron chi connectivity index (χ2n) is 6.23. The zero-order valence-corrected chi connectivity index (χ0v) is 12.8. The molecule has 1 aromatic rings. The summed E-state index contributed by atoms with van der Waals surface area (Å²) in [7, 11) is 0. The van der Waals surface area contributed by atoms with Crippen LogP contribution in [0.1, 0.15) is 45.9 Å². The number of hydrogen-bond acceptors (Lipinski definition) is 5. The Morgan fingerprint density at radius 1 is 1.57 bits per heavy atom. The monoisotopic (exact) mass is 290 g/mol. The Morgan fingerprint density at radius 3 is 2.95 bits per heavy atom. The molecule has 0 spiro atoms. The minimum Gasteiger partial charge on any atom is -0.461 e. The number of rotatable bonds is 4. The van der Waals surface area contributed by atoms with Crippen LogP contribution in [0.2, 0.25) is 0 Å². The van der Waals surface area contributed by atoms with Gasteiger partial charge in [-0.3, -0.25) is 4.79 Å². The highest BCUT2D eigenvalue weighted by Gasteiger charge is 2.33. The molecule has 6 nitrogen and oxygen atoms in total. The number of aromatic nitrogens is 3. The Labute approximate surface area is 125 Å². The fraction of sp³-hybridized carbons (Fsp3) is 0.733. The van der Waals surface area contributed by atoms with Crippen LogP contribution in [0.15, 0.2) is 6.33 Å². The van der Waals surface area contributed by atoms with Gasteiger partial charge < -0.3 is 4.74 Å². The lowest BCUT2D eigenvalue weighted by molar-refractivity contribution is -0.156. The first kappa shape index (κ1) is 15.5. The van der Waals surface area contributed by atoms with E-state index in [2.05, 4.69) is 30.9 Å². The minimum atomic E-state index is -0.311. The van der Waals surface area contributed by atoms with E-state index >= 15 is 0 Å². The first-order valence-electron chi connectivity index (χ1n) is 7.48. The van der Waals surface area contributed by atoms with Gasteiger partial charge in [-0.2, -0.15) is 5.26 Å². The lowest BCUT2D eigenvalue weighted by Gasteiger charge is -2.36. The lowest BCUT2D eigenvalue weighted by Crippen LogP contribution is -2.36. The molecular weight excluding hydrogens is 268 g/mol. The van der Waals surface area contributed by atoms with Gasteiger partial charge in [-0.15, -0.1) is 5.10 Å². The van der Waals surface area contributed by atoms with Crippen molar-refractivity contribution in [1.29, 1.82) is 5.26 Å². The second kappa shape index (κ2) is 6.70. The van der Waals surface area contributed by atoms with Crippen LogP contribution < -0.4 is 0 Å². The third kappa shape index (κ3) is 4.03. The summed E-state index contributed by atoms with van der Waals surface area (Å²) in [6.07, 6.45) is 4.60. The van der Waals surface area contributed by atoms with E-state index in [0.29, 0.717) is 17.8 Å². The van der Waals surface area contributed by atoms with E-state index in [1.165, 1.54) is 17.4 Å². The van der Waals surface area contributed by atoms with E-state index in [0.717, 1.165) is 12.8 Å². The molecule has 0 saturated heterocycles. The van der Waals surface area contributed by atoms with Crippen LogP contribution in [0, 0.1) is 29.1 Å². The van der Waals surface area contributed by atoms with Crippen LogP contribution in [0.25, 0.3) is 0 Å². The van der Waals surface area contributed by atoms with Gasteiger partial charge in [-0.1, -0.05) is 27.2 Å². The maximum atomic E-state index is 12.1. The van der Waals surface area contributed by atoms with Gasteiger partial charge in [0.2, 0.25) is 0 Å². The molecule has 1 fully saturated rings. The van der Waals surface area contributed by atoms with E-state index in [9.17, 15) is 4.79 Å². The number of nitrogens with zero attached hydrogens (tertiary/aromatic N) is 4. The molecule has 6 heteroatoms. The average Bonchev–Trinajstić information content (AvgIpc) is 2.85. The van der Waals surface area contributed by atoms with Gasteiger partial charge in [-0.05, 0) is 30.6 Å². The molecule has 1 aromatic heterocycles. The fourth-order valence-corrected chi connectivity index (χ4v) is 3.01. The first-order chi connectivity index (χ1) is 9.99. The molecule has 114 valence electrons. The molecule has 0 amide bonds. The smallest absolute Gasteiger partial charge is 0.328 e. The second-order valence-corrected chi connectivity index (χ2v) is 6.23. The van der Waals surface area contributed by atoms with Gasteiger partial charge in [-0.25, -0.2) is 9.67 Å².